The van der Waals surface area contributed by atoms with E-state index in [1.54, 1.807) is 0 Å². The van der Waals surface area contributed by atoms with Crippen molar-refractivity contribution in [1.29, 1.82) is 0 Å². The van der Waals surface area contributed by atoms with Crippen LogP contribution in [0.15, 0.2) is 67.3 Å². The lowest BCUT2D eigenvalue weighted by atomic mass is 9.92. The van der Waals surface area contributed by atoms with Gasteiger partial charge in [-0.3, -0.25) is 0 Å². The SMILES string of the molecule is C=CCC(N)C/C=C/c1ccc(C2C=CC=CC2)cc1. The maximum atomic E-state index is 5.93. The van der Waals surface area contributed by atoms with Gasteiger partial charge in [0, 0.05) is 12.0 Å². The van der Waals surface area contributed by atoms with Crippen molar-refractivity contribution in [3.8, 4) is 0 Å². The molecule has 0 amide bonds. The van der Waals surface area contributed by atoms with Gasteiger partial charge in [-0.05, 0) is 30.4 Å². The van der Waals surface area contributed by atoms with E-state index in [0.717, 1.165) is 19.3 Å². The van der Waals surface area contributed by atoms with Crippen molar-refractivity contribution in [3.63, 3.8) is 0 Å². The Morgan fingerprint density at radius 1 is 1.20 bits per heavy atom. The smallest absolute Gasteiger partial charge is 0.0108 e. The van der Waals surface area contributed by atoms with Crippen molar-refractivity contribution >= 4 is 6.08 Å². The fourth-order valence-electron chi connectivity index (χ4n) is 2.37. The Bertz CT molecular complexity index is 505. The van der Waals surface area contributed by atoms with Crippen molar-refractivity contribution in [2.75, 3.05) is 0 Å². The third kappa shape index (κ3) is 4.36. The summed E-state index contributed by atoms with van der Waals surface area (Å²) < 4.78 is 0. The number of hydrogen-bond donors (Lipinski definition) is 1. The van der Waals surface area contributed by atoms with Crippen molar-refractivity contribution in [2.45, 2.75) is 31.2 Å². The molecule has 20 heavy (non-hydrogen) atoms. The Hall–Kier alpha value is -1.86. The fourth-order valence-corrected chi connectivity index (χ4v) is 2.37. The molecule has 0 spiro atoms. The van der Waals surface area contributed by atoms with Gasteiger partial charge >= 0.3 is 0 Å². The lowest BCUT2D eigenvalue weighted by Crippen LogP contribution is -2.17. The predicted molar refractivity (Wildman–Crippen MR) is 88.5 cm³/mol. The molecule has 2 atom stereocenters. The van der Waals surface area contributed by atoms with Crippen molar-refractivity contribution in [2.24, 2.45) is 5.73 Å². The highest BCUT2D eigenvalue weighted by atomic mass is 14.6. The molecule has 2 rings (SSSR count). The predicted octanol–water partition coefficient (Wildman–Crippen LogP) is 4.59. The average Bonchev–Trinajstić information content (AvgIpc) is 2.49. The zero-order valence-electron chi connectivity index (χ0n) is 11.9. The highest BCUT2D eigenvalue weighted by Gasteiger charge is 2.07. The van der Waals surface area contributed by atoms with Crippen LogP contribution in [-0.2, 0) is 0 Å². The molecular weight excluding hydrogens is 242 g/mol. The van der Waals surface area contributed by atoms with Gasteiger partial charge in [0.15, 0.2) is 0 Å². The second-order valence-electron chi connectivity index (χ2n) is 5.24. The Morgan fingerprint density at radius 2 is 2.00 bits per heavy atom. The van der Waals surface area contributed by atoms with Gasteiger partial charge in [0.2, 0.25) is 0 Å². The number of allylic oxidation sites excluding steroid dienone is 4. The van der Waals surface area contributed by atoms with E-state index in [1.807, 2.05) is 6.08 Å². The summed E-state index contributed by atoms with van der Waals surface area (Å²) in [6.07, 6.45) is 17.7. The van der Waals surface area contributed by atoms with E-state index >= 15 is 0 Å². The lowest BCUT2D eigenvalue weighted by Gasteiger charge is -2.13. The number of benzene rings is 1. The summed E-state index contributed by atoms with van der Waals surface area (Å²) in [5, 5.41) is 0. The second kappa shape index (κ2) is 7.66. The summed E-state index contributed by atoms with van der Waals surface area (Å²) >= 11 is 0. The summed E-state index contributed by atoms with van der Waals surface area (Å²) in [6.45, 7) is 3.71. The molecule has 0 saturated heterocycles. The standard InChI is InChI=1S/C19H23N/c1-2-7-19(20)11-6-8-16-12-14-18(15-13-16)17-9-4-3-5-10-17/h2-6,8-9,12-15,17,19H,1,7,10-11,20H2/b8-6+. The summed E-state index contributed by atoms with van der Waals surface area (Å²) in [5.74, 6) is 0.527. The van der Waals surface area contributed by atoms with Gasteiger partial charge < -0.3 is 5.73 Å². The highest BCUT2D eigenvalue weighted by Crippen LogP contribution is 2.24. The lowest BCUT2D eigenvalue weighted by molar-refractivity contribution is 0.696. The molecule has 1 heteroatoms. The molecule has 2 N–H and O–H groups in total. The summed E-state index contributed by atoms with van der Waals surface area (Å²) in [6, 6.07) is 8.98. The van der Waals surface area contributed by atoms with Gasteiger partial charge in [0.1, 0.15) is 0 Å². The molecule has 0 aromatic heterocycles. The first-order valence-electron chi connectivity index (χ1n) is 7.26. The Kier molecular flexibility index (Phi) is 5.57. The topological polar surface area (TPSA) is 26.0 Å². The maximum Gasteiger partial charge on any atom is 0.0108 e. The first-order valence-corrected chi connectivity index (χ1v) is 7.26. The maximum absolute atomic E-state index is 5.93. The molecule has 0 aliphatic heterocycles. The molecule has 0 fully saturated rings. The average molecular weight is 265 g/mol. The molecule has 1 aliphatic carbocycles. The molecule has 1 nitrogen and oxygen atoms in total. The van der Waals surface area contributed by atoms with E-state index in [-0.39, 0.29) is 6.04 Å². The van der Waals surface area contributed by atoms with Crippen LogP contribution >= 0.6 is 0 Å². The molecular formula is C19H23N. The first kappa shape index (κ1) is 14.5. The van der Waals surface area contributed by atoms with Crippen LogP contribution in [0.5, 0.6) is 0 Å². The third-order valence-corrected chi connectivity index (χ3v) is 3.56. The molecule has 0 heterocycles. The molecule has 0 saturated carbocycles. The van der Waals surface area contributed by atoms with Crippen LogP contribution in [0.3, 0.4) is 0 Å². The molecule has 0 radical (unpaired) electrons. The highest BCUT2D eigenvalue weighted by molar-refractivity contribution is 5.50. The fraction of sp³-hybridized carbons (Fsp3) is 0.263. The van der Waals surface area contributed by atoms with E-state index in [2.05, 4.69) is 67.3 Å². The van der Waals surface area contributed by atoms with Crippen molar-refractivity contribution in [1.82, 2.24) is 0 Å². The van der Waals surface area contributed by atoms with Gasteiger partial charge in [-0.1, -0.05) is 66.8 Å². The first-order chi connectivity index (χ1) is 9.79. The minimum Gasteiger partial charge on any atom is -0.327 e. The Labute approximate surface area is 122 Å². The number of hydrogen-bond acceptors (Lipinski definition) is 1. The molecule has 1 aromatic carbocycles. The van der Waals surface area contributed by atoms with Crippen LogP contribution < -0.4 is 5.73 Å². The van der Waals surface area contributed by atoms with Crippen LogP contribution in [0.25, 0.3) is 6.08 Å². The molecule has 2 unspecified atom stereocenters. The van der Waals surface area contributed by atoms with Crippen molar-refractivity contribution in [3.05, 3.63) is 78.4 Å². The van der Waals surface area contributed by atoms with Crippen LogP contribution in [0, 0.1) is 0 Å². The van der Waals surface area contributed by atoms with Gasteiger partial charge in [0.05, 0.1) is 0 Å². The second-order valence-corrected chi connectivity index (χ2v) is 5.24. The normalized spacial score (nSPS) is 19.4. The minimum absolute atomic E-state index is 0.183. The van der Waals surface area contributed by atoms with Crippen LogP contribution in [0.2, 0.25) is 0 Å². The molecule has 0 bridgehead atoms. The van der Waals surface area contributed by atoms with Gasteiger partial charge in [0.25, 0.3) is 0 Å². The monoisotopic (exact) mass is 265 g/mol. The van der Waals surface area contributed by atoms with Crippen molar-refractivity contribution < 1.29 is 0 Å². The van der Waals surface area contributed by atoms with E-state index in [1.165, 1.54) is 11.1 Å². The molecule has 1 aromatic rings. The van der Waals surface area contributed by atoms with Gasteiger partial charge in [-0.25, -0.2) is 0 Å². The minimum atomic E-state index is 0.183. The third-order valence-electron chi connectivity index (χ3n) is 3.56. The van der Waals surface area contributed by atoms with Crippen LogP contribution in [0.4, 0.5) is 0 Å². The van der Waals surface area contributed by atoms with E-state index in [0.29, 0.717) is 5.92 Å². The van der Waals surface area contributed by atoms with E-state index in [9.17, 15) is 0 Å². The van der Waals surface area contributed by atoms with E-state index < -0.39 is 0 Å². The summed E-state index contributed by atoms with van der Waals surface area (Å²) in [4.78, 5) is 0. The largest absolute Gasteiger partial charge is 0.327 e. The number of nitrogens with two attached hydrogens (primary N) is 1. The Balaban J connectivity index is 1.91. The zero-order valence-corrected chi connectivity index (χ0v) is 11.9. The van der Waals surface area contributed by atoms with Gasteiger partial charge in [-0.15, -0.1) is 6.58 Å². The Morgan fingerprint density at radius 3 is 2.65 bits per heavy atom. The zero-order chi connectivity index (χ0) is 14.2. The molecule has 104 valence electrons. The van der Waals surface area contributed by atoms with Gasteiger partial charge in [-0.2, -0.15) is 0 Å². The number of rotatable bonds is 6. The quantitative estimate of drug-likeness (QED) is 0.748. The van der Waals surface area contributed by atoms with E-state index in [4.69, 9.17) is 5.73 Å². The van der Waals surface area contributed by atoms with Crippen LogP contribution in [0.1, 0.15) is 36.3 Å². The van der Waals surface area contributed by atoms with Crippen LogP contribution in [-0.4, -0.2) is 6.04 Å². The summed E-state index contributed by atoms with van der Waals surface area (Å²) in [5.41, 5.74) is 8.55. The molecule has 1 aliphatic rings. The summed E-state index contributed by atoms with van der Waals surface area (Å²) in [7, 11) is 0.